The molecule has 5 unspecified atom stereocenters. The first-order chi connectivity index (χ1) is 14.0. The van der Waals surface area contributed by atoms with Crippen molar-refractivity contribution in [2.75, 3.05) is 7.05 Å². The maximum atomic E-state index is 15.2. The van der Waals surface area contributed by atoms with Gasteiger partial charge in [-0.05, 0) is 68.0 Å². The molecule has 1 heterocycles. The third kappa shape index (κ3) is 3.81. The largest absolute Gasteiger partial charge is 0.316 e. The van der Waals surface area contributed by atoms with E-state index < -0.39 is 0 Å². The highest BCUT2D eigenvalue weighted by atomic mass is 19.1. The Kier molecular flexibility index (Phi) is 5.69. The minimum absolute atomic E-state index is 0.0838. The summed E-state index contributed by atoms with van der Waals surface area (Å²) in [5.41, 5.74) is 11.9. The van der Waals surface area contributed by atoms with Gasteiger partial charge >= 0.3 is 0 Å². The van der Waals surface area contributed by atoms with Gasteiger partial charge in [-0.2, -0.15) is 5.26 Å². The van der Waals surface area contributed by atoms with E-state index in [4.69, 9.17) is 0 Å². The third-order valence-electron chi connectivity index (χ3n) is 6.64. The summed E-state index contributed by atoms with van der Waals surface area (Å²) in [5.74, 6) is -0.127. The summed E-state index contributed by atoms with van der Waals surface area (Å²) in [6.07, 6.45) is 1.53. The molecule has 1 aliphatic carbocycles. The van der Waals surface area contributed by atoms with E-state index in [0.29, 0.717) is 12.5 Å². The van der Waals surface area contributed by atoms with Crippen molar-refractivity contribution in [1.29, 1.82) is 5.26 Å². The molecule has 152 valence electrons. The van der Waals surface area contributed by atoms with E-state index in [0.717, 1.165) is 29.5 Å². The number of benzene rings is 2. The second-order valence-electron chi connectivity index (χ2n) is 8.60. The molecule has 2 fully saturated rings. The first-order valence-corrected chi connectivity index (χ1v) is 10.4. The van der Waals surface area contributed by atoms with E-state index in [1.54, 1.807) is 6.07 Å². The number of hydrogen-bond donors (Lipinski definition) is 3. The van der Waals surface area contributed by atoms with Crippen LogP contribution in [0.1, 0.15) is 52.6 Å². The summed E-state index contributed by atoms with van der Waals surface area (Å²) < 4.78 is 15.2. The number of nitriles is 1. The van der Waals surface area contributed by atoms with Crippen LogP contribution in [0.2, 0.25) is 0 Å². The zero-order valence-corrected chi connectivity index (χ0v) is 17.3. The number of nitrogens with one attached hydrogen (secondary N) is 3. The van der Waals surface area contributed by atoms with Crippen LogP contribution in [0.4, 0.5) is 4.39 Å². The second kappa shape index (κ2) is 8.23. The zero-order valence-electron chi connectivity index (χ0n) is 17.3. The van der Waals surface area contributed by atoms with E-state index in [1.807, 2.05) is 14.0 Å². The predicted octanol–water partition coefficient (Wildman–Crippen LogP) is 4.01. The van der Waals surface area contributed by atoms with Gasteiger partial charge in [0.1, 0.15) is 5.82 Å². The standard InChI is InChI=1S/C24H29FN4/c1-14-4-6-17(7-5-14)24-20-11-19(18(12-26)10-22(20)28-29-24)23-15(2)8-16(13-27-3)9-21(23)25/h4-9,18-20,22,24,27-29H,10-11,13H2,1-3H3. The van der Waals surface area contributed by atoms with Gasteiger partial charge in [0.15, 0.2) is 0 Å². The Bertz CT molecular complexity index is 894. The molecule has 2 aromatic rings. The van der Waals surface area contributed by atoms with Crippen molar-refractivity contribution >= 4 is 0 Å². The Morgan fingerprint density at radius 2 is 1.90 bits per heavy atom. The molecule has 2 aromatic carbocycles. The van der Waals surface area contributed by atoms with E-state index >= 15 is 4.39 Å². The van der Waals surface area contributed by atoms with E-state index in [-0.39, 0.29) is 29.7 Å². The molecule has 29 heavy (non-hydrogen) atoms. The smallest absolute Gasteiger partial charge is 0.127 e. The molecule has 5 atom stereocenters. The van der Waals surface area contributed by atoms with Crippen molar-refractivity contribution in [3.63, 3.8) is 0 Å². The number of rotatable bonds is 4. The fourth-order valence-corrected chi connectivity index (χ4v) is 5.24. The van der Waals surface area contributed by atoms with Crippen LogP contribution in [0.25, 0.3) is 0 Å². The fraction of sp³-hybridized carbons (Fsp3) is 0.458. The van der Waals surface area contributed by atoms with Gasteiger partial charge < -0.3 is 5.32 Å². The highest BCUT2D eigenvalue weighted by molar-refractivity contribution is 5.38. The maximum absolute atomic E-state index is 15.2. The Morgan fingerprint density at radius 3 is 2.55 bits per heavy atom. The molecule has 4 rings (SSSR count). The SMILES string of the molecule is CNCc1cc(C)c(C2CC3C(CC2C#N)NNC3c2ccc(C)cc2)c(F)c1. The monoisotopic (exact) mass is 392 g/mol. The lowest BCUT2D eigenvalue weighted by Gasteiger charge is -2.37. The van der Waals surface area contributed by atoms with E-state index in [2.05, 4.69) is 59.5 Å². The van der Waals surface area contributed by atoms with E-state index in [1.165, 1.54) is 11.1 Å². The maximum Gasteiger partial charge on any atom is 0.127 e. The number of hydrogen-bond acceptors (Lipinski definition) is 4. The Morgan fingerprint density at radius 1 is 1.14 bits per heavy atom. The summed E-state index contributed by atoms with van der Waals surface area (Å²) in [5, 5.41) is 12.9. The molecular formula is C24H29FN4. The predicted molar refractivity (Wildman–Crippen MR) is 112 cm³/mol. The lowest BCUT2D eigenvalue weighted by atomic mass is 9.66. The molecule has 1 saturated heterocycles. The third-order valence-corrected chi connectivity index (χ3v) is 6.64. The van der Waals surface area contributed by atoms with Crippen LogP contribution in [-0.4, -0.2) is 13.1 Å². The fourth-order valence-electron chi connectivity index (χ4n) is 5.24. The minimum Gasteiger partial charge on any atom is -0.316 e. The van der Waals surface area contributed by atoms with Crippen molar-refractivity contribution in [1.82, 2.24) is 16.2 Å². The minimum atomic E-state index is -0.189. The number of fused-ring (bicyclic) bond motifs is 1. The van der Waals surface area contributed by atoms with Crippen LogP contribution in [0, 0.1) is 42.8 Å². The van der Waals surface area contributed by atoms with Gasteiger partial charge in [0.05, 0.1) is 18.0 Å². The molecule has 0 aromatic heterocycles. The molecule has 1 aliphatic heterocycles. The normalized spacial score (nSPS) is 28.7. The summed E-state index contributed by atoms with van der Waals surface area (Å²) >= 11 is 0. The lowest BCUT2D eigenvalue weighted by Crippen LogP contribution is -2.39. The molecule has 4 nitrogen and oxygen atoms in total. The van der Waals surface area contributed by atoms with Crippen LogP contribution in [0.15, 0.2) is 36.4 Å². The van der Waals surface area contributed by atoms with Crippen molar-refractivity contribution in [2.45, 2.75) is 51.2 Å². The van der Waals surface area contributed by atoms with Crippen molar-refractivity contribution < 1.29 is 4.39 Å². The van der Waals surface area contributed by atoms with Crippen molar-refractivity contribution in [2.24, 2.45) is 11.8 Å². The summed E-state index contributed by atoms with van der Waals surface area (Å²) in [6, 6.07) is 15.2. The van der Waals surface area contributed by atoms with Crippen molar-refractivity contribution in [3.8, 4) is 6.07 Å². The molecular weight excluding hydrogens is 363 g/mol. The molecule has 0 amide bonds. The molecule has 1 saturated carbocycles. The average molecular weight is 393 g/mol. The van der Waals surface area contributed by atoms with Crippen LogP contribution >= 0.6 is 0 Å². The summed E-state index contributed by atoms with van der Waals surface area (Å²) in [4.78, 5) is 0. The van der Waals surface area contributed by atoms with Gasteiger partial charge in [0, 0.05) is 18.5 Å². The Hall–Kier alpha value is -2.26. The topological polar surface area (TPSA) is 59.9 Å². The number of aryl methyl sites for hydroxylation is 2. The molecule has 0 radical (unpaired) electrons. The van der Waals surface area contributed by atoms with Crippen LogP contribution in [0.5, 0.6) is 0 Å². The number of nitrogens with zero attached hydrogens (tertiary/aromatic N) is 1. The van der Waals surface area contributed by atoms with Crippen LogP contribution in [-0.2, 0) is 6.54 Å². The van der Waals surface area contributed by atoms with Crippen LogP contribution < -0.4 is 16.2 Å². The van der Waals surface area contributed by atoms with Gasteiger partial charge in [-0.25, -0.2) is 9.82 Å². The van der Waals surface area contributed by atoms with Crippen molar-refractivity contribution in [3.05, 3.63) is 70.0 Å². The van der Waals surface area contributed by atoms with Gasteiger partial charge in [-0.1, -0.05) is 35.9 Å². The molecule has 3 N–H and O–H groups in total. The van der Waals surface area contributed by atoms with Gasteiger partial charge in [0.25, 0.3) is 0 Å². The zero-order chi connectivity index (χ0) is 20.5. The molecule has 0 spiro atoms. The summed E-state index contributed by atoms with van der Waals surface area (Å²) in [7, 11) is 1.86. The highest BCUT2D eigenvalue weighted by Crippen LogP contribution is 2.48. The van der Waals surface area contributed by atoms with Crippen LogP contribution in [0.3, 0.4) is 0 Å². The molecule has 2 aliphatic rings. The van der Waals surface area contributed by atoms with E-state index in [9.17, 15) is 5.26 Å². The first-order valence-electron chi connectivity index (χ1n) is 10.4. The quantitative estimate of drug-likeness (QED) is 0.736. The highest BCUT2D eigenvalue weighted by Gasteiger charge is 2.46. The van der Waals surface area contributed by atoms with Gasteiger partial charge in [0.2, 0.25) is 0 Å². The number of hydrazine groups is 1. The molecule has 5 heteroatoms. The Balaban J connectivity index is 1.66. The lowest BCUT2D eigenvalue weighted by molar-refractivity contribution is 0.234. The first kappa shape index (κ1) is 20.0. The van der Waals surface area contributed by atoms with Gasteiger partial charge in [-0.15, -0.1) is 0 Å². The average Bonchev–Trinajstić information content (AvgIpc) is 3.10. The number of halogens is 1. The Labute approximate surface area is 172 Å². The summed E-state index contributed by atoms with van der Waals surface area (Å²) in [6.45, 7) is 4.70. The molecule has 0 bridgehead atoms. The van der Waals surface area contributed by atoms with Gasteiger partial charge in [-0.3, -0.25) is 5.43 Å². The second-order valence-corrected chi connectivity index (χ2v) is 8.60.